The van der Waals surface area contributed by atoms with Gasteiger partial charge in [-0.3, -0.25) is 9.59 Å². The minimum atomic E-state index is -0.349. The highest BCUT2D eigenvalue weighted by molar-refractivity contribution is 7.09. The van der Waals surface area contributed by atoms with E-state index in [0.717, 1.165) is 66.3 Å². The molecule has 10 heteroatoms. The number of hydrogen-bond donors (Lipinski definition) is 2. The van der Waals surface area contributed by atoms with Crippen LogP contribution in [-0.4, -0.2) is 51.4 Å². The number of benzene rings is 3. The second-order valence-corrected chi connectivity index (χ2v) is 11.5. The standard InChI is InChI=1S/C34H36FN5O3S/c35-27-13-5-4-12-26(27)22-36-34(42)30-24-44-32(39-30)18-21-40(20-17-31-37-28-14-6-7-15-29(28)38-31)19-9-8-16-33(41)43-23-25-10-2-1-3-11-25/h1-7,10-15,24H,8-9,16-23H2,(H,36,42)(H,37,38). The van der Waals surface area contributed by atoms with Crippen molar-refractivity contribution in [3.05, 3.63) is 118 Å². The van der Waals surface area contributed by atoms with Crippen molar-refractivity contribution in [2.45, 2.75) is 45.3 Å². The minimum absolute atomic E-state index is 0.105. The second kappa shape index (κ2) is 15.9. The molecule has 0 fully saturated rings. The summed E-state index contributed by atoms with van der Waals surface area (Å²) in [7, 11) is 0. The van der Waals surface area contributed by atoms with E-state index in [9.17, 15) is 14.0 Å². The number of hydrogen-bond acceptors (Lipinski definition) is 7. The van der Waals surface area contributed by atoms with Crippen molar-refractivity contribution in [3.63, 3.8) is 0 Å². The molecule has 1 amide bonds. The monoisotopic (exact) mass is 613 g/mol. The number of aromatic amines is 1. The Balaban J connectivity index is 1.11. The molecule has 8 nitrogen and oxygen atoms in total. The molecule has 2 heterocycles. The second-order valence-electron chi connectivity index (χ2n) is 10.5. The lowest BCUT2D eigenvalue weighted by Gasteiger charge is -2.21. The number of nitrogens with one attached hydrogen (secondary N) is 2. The van der Waals surface area contributed by atoms with Gasteiger partial charge in [0.25, 0.3) is 5.91 Å². The zero-order chi connectivity index (χ0) is 30.6. The fourth-order valence-corrected chi connectivity index (χ4v) is 5.60. The molecular formula is C34H36FN5O3S. The molecule has 0 unspecified atom stereocenters. The summed E-state index contributed by atoms with van der Waals surface area (Å²) in [5.41, 5.74) is 3.72. The van der Waals surface area contributed by atoms with Gasteiger partial charge in [0.1, 0.15) is 23.9 Å². The van der Waals surface area contributed by atoms with Crippen LogP contribution in [-0.2, 0) is 35.5 Å². The normalized spacial score (nSPS) is 11.2. The van der Waals surface area contributed by atoms with Gasteiger partial charge in [-0.05, 0) is 43.1 Å². The number of thiazole rings is 1. The smallest absolute Gasteiger partial charge is 0.306 e. The Hall–Kier alpha value is -4.41. The largest absolute Gasteiger partial charge is 0.461 e. The molecule has 228 valence electrons. The number of H-pyrrole nitrogens is 1. The van der Waals surface area contributed by atoms with Crippen molar-refractivity contribution in [2.75, 3.05) is 19.6 Å². The Morgan fingerprint density at radius 1 is 0.886 bits per heavy atom. The van der Waals surface area contributed by atoms with Crippen molar-refractivity contribution < 1.29 is 18.7 Å². The van der Waals surface area contributed by atoms with Crippen LogP contribution in [0.5, 0.6) is 0 Å². The van der Waals surface area contributed by atoms with Crippen LogP contribution in [0.3, 0.4) is 0 Å². The number of unbranched alkanes of at least 4 members (excludes halogenated alkanes) is 1. The Kier molecular flexibility index (Phi) is 11.2. The highest BCUT2D eigenvalue weighted by Crippen LogP contribution is 2.15. The van der Waals surface area contributed by atoms with Gasteiger partial charge in [0.15, 0.2) is 0 Å². The fourth-order valence-electron chi connectivity index (χ4n) is 4.83. The first kappa shape index (κ1) is 31.0. The maximum Gasteiger partial charge on any atom is 0.306 e. The maximum absolute atomic E-state index is 13.9. The molecule has 0 aliphatic heterocycles. The molecule has 2 N–H and O–H groups in total. The van der Waals surface area contributed by atoms with Gasteiger partial charge < -0.3 is 19.9 Å². The van der Waals surface area contributed by atoms with Gasteiger partial charge in [-0.25, -0.2) is 14.4 Å². The summed E-state index contributed by atoms with van der Waals surface area (Å²) in [5.74, 6) is 0.0743. The van der Waals surface area contributed by atoms with Crippen LogP contribution in [0.2, 0.25) is 0 Å². The predicted octanol–water partition coefficient (Wildman–Crippen LogP) is 6.09. The zero-order valence-corrected chi connectivity index (χ0v) is 25.3. The van der Waals surface area contributed by atoms with Gasteiger partial charge in [-0.1, -0.05) is 60.7 Å². The summed E-state index contributed by atoms with van der Waals surface area (Å²) in [6.45, 7) is 2.75. The number of nitrogens with zero attached hydrogens (tertiary/aromatic N) is 3. The first-order valence-electron chi connectivity index (χ1n) is 14.8. The van der Waals surface area contributed by atoms with E-state index < -0.39 is 0 Å². The van der Waals surface area contributed by atoms with Crippen molar-refractivity contribution in [2.24, 2.45) is 0 Å². The van der Waals surface area contributed by atoms with E-state index in [0.29, 0.717) is 30.7 Å². The third-order valence-electron chi connectivity index (χ3n) is 7.27. The summed E-state index contributed by atoms with van der Waals surface area (Å²) >= 11 is 1.45. The molecule has 0 bridgehead atoms. The fraction of sp³-hybridized carbons (Fsp3) is 0.294. The molecule has 0 radical (unpaired) electrons. The van der Waals surface area contributed by atoms with Crippen molar-refractivity contribution in [1.82, 2.24) is 25.2 Å². The van der Waals surface area contributed by atoms with E-state index in [-0.39, 0.29) is 24.2 Å². The van der Waals surface area contributed by atoms with Gasteiger partial charge in [0, 0.05) is 49.8 Å². The molecule has 5 aromatic rings. The van der Waals surface area contributed by atoms with Crippen LogP contribution in [0, 0.1) is 5.82 Å². The molecular weight excluding hydrogens is 577 g/mol. The lowest BCUT2D eigenvalue weighted by atomic mass is 10.2. The summed E-state index contributed by atoms with van der Waals surface area (Å²) < 4.78 is 19.3. The first-order valence-corrected chi connectivity index (χ1v) is 15.7. The molecule has 5 rings (SSSR count). The molecule has 44 heavy (non-hydrogen) atoms. The van der Waals surface area contributed by atoms with Gasteiger partial charge in [0.2, 0.25) is 0 Å². The molecule has 0 aliphatic rings. The lowest BCUT2D eigenvalue weighted by Crippen LogP contribution is -2.30. The van der Waals surface area contributed by atoms with E-state index in [2.05, 4.69) is 20.2 Å². The highest BCUT2D eigenvalue weighted by Gasteiger charge is 2.14. The predicted molar refractivity (Wildman–Crippen MR) is 170 cm³/mol. The lowest BCUT2D eigenvalue weighted by molar-refractivity contribution is -0.145. The van der Waals surface area contributed by atoms with Gasteiger partial charge >= 0.3 is 5.97 Å². The van der Waals surface area contributed by atoms with Crippen LogP contribution in [0.15, 0.2) is 84.2 Å². The number of esters is 1. The number of carbonyl (C=O) groups is 2. The number of fused-ring (bicyclic) bond motifs is 1. The Labute approximate surface area is 260 Å². The van der Waals surface area contributed by atoms with Gasteiger partial charge in [-0.2, -0.15) is 0 Å². The van der Waals surface area contributed by atoms with Gasteiger partial charge in [-0.15, -0.1) is 11.3 Å². The molecule has 3 aromatic carbocycles. The number of amides is 1. The number of rotatable bonds is 16. The number of halogens is 1. The Morgan fingerprint density at radius 3 is 2.50 bits per heavy atom. The maximum atomic E-state index is 13.9. The summed E-state index contributed by atoms with van der Waals surface area (Å²) in [4.78, 5) is 39.9. The minimum Gasteiger partial charge on any atom is -0.461 e. The molecule has 0 atom stereocenters. The number of aromatic nitrogens is 3. The SMILES string of the molecule is O=C(CCCCN(CCc1nc2ccccc2[nH]1)CCc1nc(C(=O)NCc2ccccc2F)cs1)OCc1ccccc1. The zero-order valence-electron chi connectivity index (χ0n) is 24.5. The van der Waals surface area contributed by atoms with Crippen molar-refractivity contribution >= 4 is 34.2 Å². The first-order chi connectivity index (χ1) is 21.5. The number of para-hydroxylation sites is 2. The number of imidazole rings is 1. The van der Waals surface area contributed by atoms with E-state index in [1.165, 1.54) is 17.4 Å². The van der Waals surface area contributed by atoms with Crippen LogP contribution in [0.1, 0.15) is 51.7 Å². The number of carbonyl (C=O) groups excluding carboxylic acids is 2. The van der Waals surface area contributed by atoms with Crippen molar-refractivity contribution in [1.29, 1.82) is 0 Å². The molecule has 0 saturated heterocycles. The molecule has 0 saturated carbocycles. The highest BCUT2D eigenvalue weighted by atomic mass is 32.1. The Morgan fingerprint density at radius 2 is 1.66 bits per heavy atom. The van der Waals surface area contributed by atoms with Crippen LogP contribution >= 0.6 is 11.3 Å². The van der Waals surface area contributed by atoms with E-state index in [1.807, 2.05) is 54.6 Å². The summed E-state index contributed by atoms with van der Waals surface area (Å²) in [6, 6.07) is 24.0. The van der Waals surface area contributed by atoms with E-state index in [4.69, 9.17) is 9.72 Å². The van der Waals surface area contributed by atoms with Crippen LogP contribution < -0.4 is 5.32 Å². The van der Waals surface area contributed by atoms with Gasteiger partial charge in [0.05, 0.1) is 16.0 Å². The molecule has 2 aromatic heterocycles. The van der Waals surface area contributed by atoms with E-state index >= 15 is 0 Å². The molecule has 0 aliphatic carbocycles. The Bertz CT molecular complexity index is 1620. The number of ether oxygens (including phenoxy) is 1. The van der Waals surface area contributed by atoms with Crippen LogP contribution in [0.4, 0.5) is 4.39 Å². The van der Waals surface area contributed by atoms with Crippen molar-refractivity contribution in [3.8, 4) is 0 Å². The summed E-state index contributed by atoms with van der Waals surface area (Å²) in [5, 5.41) is 5.35. The summed E-state index contributed by atoms with van der Waals surface area (Å²) in [6.07, 6.45) is 3.41. The van der Waals surface area contributed by atoms with E-state index in [1.54, 1.807) is 23.6 Å². The third-order valence-corrected chi connectivity index (χ3v) is 8.18. The molecule has 0 spiro atoms. The topological polar surface area (TPSA) is 100 Å². The quantitative estimate of drug-likeness (QED) is 0.103. The average molecular weight is 614 g/mol. The van der Waals surface area contributed by atoms with Crippen LogP contribution in [0.25, 0.3) is 11.0 Å². The third kappa shape index (κ3) is 9.29. The average Bonchev–Trinajstić information content (AvgIpc) is 3.70.